The van der Waals surface area contributed by atoms with Crippen molar-refractivity contribution >= 4 is 11.9 Å². The molecule has 7 atom stereocenters. The van der Waals surface area contributed by atoms with Crippen molar-refractivity contribution in [2.45, 2.75) is 38.6 Å². The van der Waals surface area contributed by atoms with Crippen molar-refractivity contribution in [3.05, 3.63) is 37.0 Å². The van der Waals surface area contributed by atoms with Crippen LogP contribution in [0, 0.1) is 23.2 Å². The summed E-state index contributed by atoms with van der Waals surface area (Å²) >= 11 is 0. The standard InChI is InChI=1S/C20H28O7/c1-6-20(5)7-14(26-18(24)11(3)13(23)9-22)15-12(4)19(25)27-17(15)16(20)10(2)8-21/h6,12-17,21-23H,1-3,7-9H2,4-5H3/t12-,13-,14-,15+,16+,17-,20+/m1/s1. The molecule has 1 heterocycles. The Kier molecular flexibility index (Phi) is 6.29. The molecule has 7 nitrogen and oxygen atoms in total. The van der Waals surface area contributed by atoms with Crippen LogP contribution in [0.3, 0.4) is 0 Å². The van der Waals surface area contributed by atoms with Crippen LogP contribution in [-0.4, -0.2) is 58.8 Å². The molecule has 3 N–H and O–H groups in total. The van der Waals surface area contributed by atoms with Gasteiger partial charge in [-0.25, -0.2) is 4.79 Å². The Morgan fingerprint density at radius 2 is 2.07 bits per heavy atom. The Balaban J connectivity index is 2.37. The third-order valence-electron chi connectivity index (χ3n) is 5.90. The van der Waals surface area contributed by atoms with Crippen molar-refractivity contribution in [3.8, 4) is 0 Å². The second-order valence-electron chi connectivity index (χ2n) is 7.64. The van der Waals surface area contributed by atoms with Gasteiger partial charge in [0.05, 0.1) is 24.7 Å². The molecule has 7 heteroatoms. The number of fused-ring (bicyclic) bond motifs is 1. The van der Waals surface area contributed by atoms with E-state index in [1.807, 2.05) is 6.92 Å². The maximum Gasteiger partial charge on any atom is 0.336 e. The van der Waals surface area contributed by atoms with E-state index in [1.165, 1.54) is 0 Å². The summed E-state index contributed by atoms with van der Waals surface area (Å²) in [6.07, 6.45) is -0.668. The van der Waals surface area contributed by atoms with E-state index in [0.717, 1.165) is 0 Å². The minimum Gasteiger partial charge on any atom is -0.461 e. The predicted octanol–water partition coefficient (Wildman–Crippen LogP) is 0.746. The molecule has 1 saturated carbocycles. The summed E-state index contributed by atoms with van der Waals surface area (Å²) in [5.74, 6) is -2.53. The summed E-state index contributed by atoms with van der Waals surface area (Å²) in [6, 6.07) is 0. The average molecular weight is 380 g/mol. The van der Waals surface area contributed by atoms with Crippen LogP contribution in [0.4, 0.5) is 0 Å². The minimum absolute atomic E-state index is 0.255. The summed E-state index contributed by atoms with van der Waals surface area (Å²) in [7, 11) is 0. The molecule has 27 heavy (non-hydrogen) atoms. The lowest BCUT2D eigenvalue weighted by Crippen LogP contribution is -2.53. The van der Waals surface area contributed by atoms with Gasteiger partial charge in [-0.05, 0) is 17.4 Å². The molecule has 0 unspecified atom stereocenters. The van der Waals surface area contributed by atoms with Crippen molar-refractivity contribution in [2.24, 2.45) is 23.2 Å². The fourth-order valence-corrected chi connectivity index (χ4v) is 4.24. The number of rotatable bonds is 7. The van der Waals surface area contributed by atoms with E-state index in [1.54, 1.807) is 13.0 Å². The Hall–Kier alpha value is -1.96. The summed E-state index contributed by atoms with van der Waals surface area (Å²) < 4.78 is 11.2. The van der Waals surface area contributed by atoms with Crippen LogP contribution in [0.2, 0.25) is 0 Å². The van der Waals surface area contributed by atoms with Crippen molar-refractivity contribution in [3.63, 3.8) is 0 Å². The number of aliphatic hydroxyl groups excluding tert-OH is 3. The molecule has 150 valence electrons. The molecule has 0 aromatic rings. The van der Waals surface area contributed by atoms with Gasteiger partial charge >= 0.3 is 11.9 Å². The highest BCUT2D eigenvalue weighted by molar-refractivity contribution is 5.89. The van der Waals surface area contributed by atoms with Gasteiger partial charge in [-0.2, -0.15) is 0 Å². The van der Waals surface area contributed by atoms with Crippen LogP contribution in [0.25, 0.3) is 0 Å². The molecule has 1 aliphatic heterocycles. The number of hydrogen-bond acceptors (Lipinski definition) is 7. The Bertz CT molecular complexity index is 655. The molecule has 2 fully saturated rings. The molecule has 0 spiro atoms. The number of carbonyl (C=O) groups excluding carboxylic acids is 2. The lowest BCUT2D eigenvalue weighted by atomic mass is 9.58. The fraction of sp³-hybridized carbons (Fsp3) is 0.600. The van der Waals surface area contributed by atoms with Crippen LogP contribution in [0.1, 0.15) is 20.3 Å². The smallest absolute Gasteiger partial charge is 0.336 e. The van der Waals surface area contributed by atoms with Crippen LogP contribution in [-0.2, 0) is 19.1 Å². The summed E-state index contributed by atoms with van der Waals surface area (Å²) in [6.45, 7) is 14.0. The molecular weight excluding hydrogens is 352 g/mol. The van der Waals surface area contributed by atoms with Gasteiger partial charge in [-0.15, -0.1) is 6.58 Å². The lowest BCUT2D eigenvalue weighted by Gasteiger charge is -2.49. The molecule has 2 aliphatic rings. The Morgan fingerprint density at radius 3 is 2.59 bits per heavy atom. The summed E-state index contributed by atoms with van der Waals surface area (Å²) in [5, 5.41) is 28.2. The van der Waals surface area contributed by atoms with Gasteiger partial charge in [0.2, 0.25) is 0 Å². The van der Waals surface area contributed by atoms with Crippen molar-refractivity contribution in [1.29, 1.82) is 0 Å². The number of hydrogen-bond donors (Lipinski definition) is 3. The van der Waals surface area contributed by atoms with E-state index < -0.39 is 54.1 Å². The zero-order chi connectivity index (χ0) is 20.5. The highest BCUT2D eigenvalue weighted by Crippen LogP contribution is 2.54. The van der Waals surface area contributed by atoms with E-state index in [0.29, 0.717) is 12.0 Å². The van der Waals surface area contributed by atoms with Crippen molar-refractivity contribution in [2.75, 3.05) is 13.2 Å². The van der Waals surface area contributed by atoms with Gasteiger partial charge in [-0.1, -0.05) is 33.1 Å². The van der Waals surface area contributed by atoms with E-state index in [4.69, 9.17) is 14.6 Å². The topological polar surface area (TPSA) is 113 Å². The first-order chi connectivity index (χ1) is 12.6. The molecule has 0 radical (unpaired) electrons. The first kappa shape index (κ1) is 21.3. The third-order valence-corrected chi connectivity index (χ3v) is 5.90. The molecule has 2 rings (SSSR count). The van der Waals surface area contributed by atoms with Gasteiger partial charge in [0.25, 0.3) is 0 Å². The van der Waals surface area contributed by atoms with Crippen molar-refractivity contribution < 1.29 is 34.4 Å². The van der Waals surface area contributed by atoms with Crippen LogP contribution >= 0.6 is 0 Å². The number of ether oxygens (including phenoxy) is 2. The third kappa shape index (κ3) is 3.72. The number of allylic oxidation sites excluding steroid dienone is 1. The highest BCUT2D eigenvalue weighted by atomic mass is 16.6. The molecule has 0 aromatic heterocycles. The number of aliphatic hydroxyl groups is 3. The average Bonchev–Trinajstić information content (AvgIpc) is 2.94. The molecule has 0 aromatic carbocycles. The molecule has 0 amide bonds. The van der Waals surface area contributed by atoms with E-state index >= 15 is 0 Å². The highest BCUT2D eigenvalue weighted by Gasteiger charge is 2.59. The van der Waals surface area contributed by atoms with Crippen LogP contribution in [0.5, 0.6) is 0 Å². The quantitative estimate of drug-likeness (QED) is 0.339. The Labute approximate surface area is 159 Å². The SMILES string of the molecule is C=C[C@@]1(C)C[C@@H](OC(=O)C(=C)[C@H](O)CO)[C@H]2[C@@H](OC(=O)[C@@H]2C)[C@@H]1C(=C)CO. The van der Waals surface area contributed by atoms with E-state index in [-0.39, 0.29) is 18.1 Å². The van der Waals surface area contributed by atoms with Gasteiger partial charge in [-0.3, -0.25) is 4.79 Å². The van der Waals surface area contributed by atoms with Gasteiger partial charge in [0, 0.05) is 11.8 Å². The van der Waals surface area contributed by atoms with Crippen LogP contribution < -0.4 is 0 Å². The largest absolute Gasteiger partial charge is 0.461 e. The Morgan fingerprint density at radius 1 is 1.44 bits per heavy atom. The van der Waals surface area contributed by atoms with E-state index in [9.17, 15) is 19.8 Å². The zero-order valence-electron chi connectivity index (χ0n) is 15.8. The molecule has 0 bridgehead atoms. The van der Waals surface area contributed by atoms with Crippen molar-refractivity contribution in [1.82, 2.24) is 0 Å². The molecule has 1 aliphatic carbocycles. The molecular formula is C20H28O7. The first-order valence-electron chi connectivity index (χ1n) is 8.92. The van der Waals surface area contributed by atoms with Crippen LogP contribution in [0.15, 0.2) is 37.0 Å². The fourth-order valence-electron chi connectivity index (χ4n) is 4.24. The van der Waals surface area contributed by atoms with Gasteiger partial charge < -0.3 is 24.8 Å². The zero-order valence-corrected chi connectivity index (χ0v) is 15.8. The normalized spacial score (nSPS) is 36.3. The predicted molar refractivity (Wildman–Crippen MR) is 97.3 cm³/mol. The minimum atomic E-state index is -1.41. The van der Waals surface area contributed by atoms with Gasteiger partial charge in [0.1, 0.15) is 18.3 Å². The number of esters is 2. The summed E-state index contributed by atoms with van der Waals surface area (Å²) in [4.78, 5) is 24.6. The monoisotopic (exact) mass is 380 g/mol. The second kappa shape index (κ2) is 7.96. The van der Waals surface area contributed by atoms with Gasteiger partial charge in [0.15, 0.2) is 0 Å². The lowest BCUT2D eigenvalue weighted by molar-refractivity contribution is -0.161. The number of carbonyl (C=O) groups is 2. The summed E-state index contributed by atoms with van der Waals surface area (Å²) in [5.41, 5.74) is -0.360. The maximum absolute atomic E-state index is 12.4. The molecule has 1 saturated heterocycles. The first-order valence-corrected chi connectivity index (χ1v) is 8.92. The van der Waals surface area contributed by atoms with E-state index in [2.05, 4.69) is 19.7 Å². The maximum atomic E-state index is 12.4. The second-order valence-corrected chi connectivity index (χ2v) is 7.64.